The molecule has 0 saturated carbocycles. The van der Waals surface area contributed by atoms with E-state index in [0.717, 1.165) is 11.4 Å². The van der Waals surface area contributed by atoms with Crippen molar-refractivity contribution in [3.63, 3.8) is 0 Å². The maximum Gasteiger partial charge on any atom is 0.103 e. The van der Waals surface area contributed by atoms with Crippen molar-refractivity contribution < 1.29 is 0 Å². The summed E-state index contributed by atoms with van der Waals surface area (Å²) in [6.07, 6.45) is 1.24. The van der Waals surface area contributed by atoms with Gasteiger partial charge in [-0.05, 0) is 33.1 Å². The first-order valence-corrected chi connectivity index (χ1v) is 7.35. The molecule has 1 aromatic rings. The second-order valence-corrected chi connectivity index (χ2v) is 6.10. The fraction of sp³-hybridized carbons (Fsp3) is 0.727. The molecule has 0 aliphatic heterocycles. The summed E-state index contributed by atoms with van der Waals surface area (Å²) in [6, 6.07) is 0. The molecule has 0 bridgehead atoms. The van der Waals surface area contributed by atoms with Crippen LogP contribution in [0.25, 0.3) is 0 Å². The van der Waals surface area contributed by atoms with E-state index in [1.807, 2.05) is 18.8 Å². The Kier molecular flexibility index (Phi) is 5.09. The molecule has 0 aliphatic carbocycles. The second kappa shape index (κ2) is 5.87. The highest BCUT2D eigenvalue weighted by Crippen LogP contribution is 2.24. The Labute approximate surface area is 101 Å². The minimum atomic E-state index is -0.00975. The number of nitrogens with one attached hydrogen (secondary N) is 1. The number of hydrogen-bond donors (Lipinski definition) is 1. The molecule has 15 heavy (non-hydrogen) atoms. The van der Waals surface area contributed by atoms with Gasteiger partial charge in [-0.15, -0.1) is 11.3 Å². The van der Waals surface area contributed by atoms with Gasteiger partial charge in [-0.25, -0.2) is 4.98 Å². The first-order chi connectivity index (χ1) is 7.10. The van der Waals surface area contributed by atoms with E-state index < -0.39 is 0 Å². The molecule has 0 spiro atoms. The van der Waals surface area contributed by atoms with E-state index in [2.05, 4.69) is 36.5 Å². The van der Waals surface area contributed by atoms with Gasteiger partial charge in [0.15, 0.2) is 0 Å². The maximum atomic E-state index is 4.66. The monoisotopic (exact) mass is 244 g/mol. The number of thiazole rings is 1. The zero-order valence-corrected chi connectivity index (χ0v) is 11.6. The van der Waals surface area contributed by atoms with Crippen molar-refractivity contribution in [2.45, 2.75) is 38.5 Å². The molecule has 1 rings (SSSR count). The van der Waals surface area contributed by atoms with Crippen LogP contribution in [0.15, 0.2) is 5.38 Å². The number of aromatic nitrogens is 1. The minimum absolute atomic E-state index is 0.00975. The summed E-state index contributed by atoms with van der Waals surface area (Å²) in [6.45, 7) is 6.53. The van der Waals surface area contributed by atoms with Gasteiger partial charge in [0.2, 0.25) is 0 Å². The van der Waals surface area contributed by atoms with Crippen LogP contribution in [0.1, 0.15) is 37.9 Å². The highest BCUT2D eigenvalue weighted by Gasteiger charge is 2.20. The van der Waals surface area contributed by atoms with Crippen LogP contribution < -0.4 is 5.32 Å². The van der Waals surface area contributed by atoms with Crippen molar-refractivity contribution >= 4 is 23.1 Å². The minimum Gasteiger partial charge on any atom is -0.310 e. The molecule has 0 saturated heterocycles. The number of nitrogens with zero attached hydrogens (tertiary/aromatic N) is 1. The smallest absolute Gasteiger partial charge is 0.103 e. The lowest BCUT2D eigenvalue weighted by atomic mass is 10.0. The van der Waals surface area contributed by atoms with Crippen LogP contribution in [0.3, 0.4) is 0 Å². The van der Waals surface area contributed by atoms with Crippen LogP contribution >= 0.6 is 23.1 Å². The van der Waals surface area contributed by atoms with Crippen molar-refractivity contribution in [1.82, 2.24) is 10.3 Å². The maximum absolute atomic E-state index is 4.66. The number of hydrogen-bond acceptors (Lipinski definition) is 4. The van der Waals surface area contributed by atoms with Crippen molar-refractivity contribution in [3.05, 3.63) is 16.1 Å². The fourth-order valence-electron chi connectivity index (χ4n) is 1.10. The summed E-state index contributed by atoms with van der Waals surface area (Å²) in [5.74, 6) is 2.28. The molecule has 0 aromatic carbocycles. The van der Waals surface area contributed by atoms with E-state index in [1.165, 1.54) is 17.2 Å². The molecule has 4 heteroatoms. The van der Waals surface area contributed by atoms with Crippen molar-refractivity contribution in [2.24, 2.45) is 0 Å². The first-order valence-electron chi connectivity index (χ1n) is 5.31. The fourth-order valence-corrected chi connectivity index (χ4v) is 3.04. The second-order valence-electron chi connectivity index (χ2n) is 4.05. The molecule has 0 fully saturated rings. The summed E-state index contributed by atoms with van der Waals surface area (Å²) >= 11 is 3.74. The van der Waals surface area contributed by atoms with E-state index >= 15 is 0 Å². The largest absolute Gasteiger partial charge is 0.310 e. The van der Waals surface area contributed by atoms with Gasteiger partial charge in [0.25, 0.3) is 0 Å². The normalized spacial score (nSPS) is 12.0. The highest BCUT2D eigenvalue weighted by atomic mass is 32.2. The van der Waals surface area contributed by atoms with Crippen LogP contribution in [0.5, 0.6) is 0 Å². The quantitative estimate of drug-likeness (QED) is 0.778. The lowest BCUT2D eigenvalue weighted by Gasteiger charge is -2.21. The molecule has 0 unspecified atom stereocenters. The van der Waals surface area contributed by atoms with Crippen LogP contribution in [0.4, 0.5) is 0 Å². The van der Waals surface area contributed by atoms with Crippen LogP contribution in [-0.2, 0) is 11.3 Å². The summed E-state index contributed by atoms with van der Waals surface area (Å²) in [5.41, 5.74) is 1.14. The molecule has 0 radical (unpaired) electrons. The number of thioether (sulfide) groups is 1. The highest BCUT2D eigenvalue weighted by molar-refractivity contribution is 7.98. The Balaban J connectivity index is 2.56. The van der Waals surface area contributed by atoms with Gasteiger partial charge in [0.05, 0.1) is 11.2 Å². The topological polar surface area (TPSA) is 24.9 Å². The van der Waals surface area contributed by atoms with E-state index in [4.69, 9.17) is 0 Å². The zero-order chi connectivity index (χ0) is 11.3. The Morgan fingerprint density at radius 3 is 2.87 bits per heavy atom. The van der Waals surface area contributed by atoms with Gasteiger partial charge in [-0.3, -0.25) is 0 Å². The molecule has 0 atom stereocenters. The van der Waals surface area contributed by atoms with E-state index in [-0.39, 0.29) is 5.54 Å². The standard InChI is InChI=1S/C11H20N2S2/c1-5-6-14-8-10-13-9(7-15-10)11(2,3)12-4/h7,12H,5-6,8H2,1-4H3. The lowest BCUT2D eigenvalue weighted by Crippen LogP contribution is -2.33. The predicted octanol–water partition coefficient (Wildman–Crippen LogP) is 3.24. The van der Waals surface area contributed by atoms with Crippen LogP contribution in [-0.4, -0.2) is 17.8 Å². The van der Waals surface area contributed by atoms with Gasteiger partial charge in [-0.2, -0.15) is 11.8 Å². The van der Waals surface area contributed by atoms with Gasteiger partial charge >= 0.3 is 0 Å². The van der Waals surface area contributed by atoms with Gasteiger partial charge < -0.3 is 5.32 Å². The lowest BCUT2D eigenvalue weighted by molar-refractivity contribution is 0.433. The molecule has 1 N–H and O–H groups in total. The third kappa shape index (κ3) is 3.78. The molecule has 1 heterocycles. The average Bonchev–Trinajstić information content (AvgIpc) is 2.68. The SMILES string of the molecule is CCCSCc1nc(C(C)(C)NC)cs1. The molecule has 0 aliphatic rings. The predicted molar refractivity (Wildman–Crippen MR) is 70.7 cm³/mol. The average molecular weight is 244 g/mol. The summed E-state index contributed by atoms with van der Waals surface area (Å²) < 4.78 is 0. The van der Waals surface area contributed by atoms with E-state index in [1.54, 1.807) is 11.3 Å². The molecule has 0 amide bonds. The Morgan fingerprint density at radius 2 is 2.27 bits per heavy atom. The summed E-state index contributed by atoms with van der Waals surface area (Å²) in [4.78, 5) is 4.66. The van der Waals surface area contributed by atoms with Crippen molar-refractivity contribution in [1.29, 1.82) is 0 Å². The van der Waals surface area contributed by atoms with Gasteiger partial charge in [0.1, 0.15) is 5.01 Å². The Bertz CT molecular complexity index is 295. The number of rotatable bonds is 6. The van der Waals surface area contributed by atoms with E-state index in [9.17, 15) is 0 Å². The van der Waals surface area contributed by atoms with Gasteiger partial charge in [0, 0.05) is 11.1 Å². The van der Waals surface area contributed by atoms with E-state index in [0.29, 0.717) is 0 Å². The van der Waals surface area contributed by atoms with Crippen LogP contribution in [0.2, 0.25) is 0 Å². The van der Waals surface area contributed by atoms with Crippen molar-refractivity contribution in [3.8, 4) is 0 Å². The van der Waals surface area contributed by atoms with Crippen molar-refractivity contribution in [2.75, 3.05) is 12.8 Å². The Morgan fingerprint density at radius 1 is 1.53 bits per heavy atom. The van der Waals surface area contributed by atoms with Gasteiger partial charge in [-0.1, -0.05) is 6.92 Å². The van der Waals surface area contributed by atoms with Crippen LogP contribution in [0, 0.1) is 0 Å². The molecule has 86 valence electrons. The summed E-state index contributed by atoms with van der Waals surface area (Å²) in [7, 11) is 1.98. The molecular formula is C11H20N2S2. The molecular weight excluding hydrogens is 224 g/mol. The summed E-state index contributed by atoms with van der Waals surface area (Å²) in [5, 5.41) is 6.68. The molecule has 2 nitrogen and oxygen atoms in total. The first kappa shape index (κ1) is 13.0. The molecule has 1 aromatic heterocycles. The third-order valence-electron chi connectivity index (χ3n) is 2.39. The Hall–Kier alpha value is -0.0600. The zero-order valence-electron chi connectivity index (χ0n) is 9.96. The third-order valence-corrected chi connectivity index (χ3v) is 4.60.